The quantitative estimate of drug-likeness (QED) is 0.638. The van der Waals surface area contributed by atoms with Gasteiger partial charge in [-0.25, -0.2) is 9.97 Å². The van der Waals surface area contributed by atoms with Crippen molar-refractivity contribution in [2.75, 3.05) is 23.8 Å². The van der Waals surface area contributed by atoms with Crippen LogP contribution in [0.25, 0.3) is 0 Å². The molecule has 7 nitrogen and oxygen atoms in total. The maximum atomic E-state index is 11.4. The maximum absolute atomic E-state index is 11.4. The monoisotopic (exact) mass is 295 g/mol. The lowest BCUT2D eigenvalue weighted by Gasteiger charge is -2.23. The number of ether oxygens (including phenoxy) is 1. The Morgan fingerprint density at radius 2 is 2.00 bits per heavy atom. The summed E-state index contributed by atoms with van der Waals surface area (Å²) in [6.07, 6.45) is 0.986. The van der Waals surface area contributed by atoms with Gasteiger partial charge in [0.05, 0.1) is 0 Å². The van der Waals surface area contributed by atoms with Gasteiger partial charge in [0, 0.05) is 19.2 Å². The third kappa shape index (κ3) is 5.55. The number of amides is 1. The highest BCUT2D eigenvalue weighted by Crippen LogP contribution is 2.17. The van der Waals surface area contributed by atoms with Gasteiger partial charge < -0.3 is 21.1 Å². The standard InChI is InChI=1S/C14H25N5O2/c1-5-7-16-10-8-11(19-14(3,4)13(15)20)18-12(17-10)9-21-6-2/h8H,5-7,9H2,1-4H3,(H2,15,20)(H2,16,17,18,19). The molecule has 0 unspecified atom stereocenters. The number of nitrogens with one attached hydrogen (secondary N) is 2. The largest absolute Gasteiger partial charge is 0.374 e. The van der Waals surface area contributed by atoms with Crippen molar-refractivity contribution in [3.63, 3.8) is 0 Å². The molecule has 1 aromatic rings. The van der Waals surface area contributed by atoms with Crippen LogP contribution in [0.3, 0.4) is 0 Å². The van der Waals surface area contributed by atoms with E-state index >= 15 is 0 Å². The van der Waals surface area contributed by atoms with Crippen LogP contribution >= 0.6 is 0 Å². The Morgan fingerprint density at radius 3 is 2.57 bits per heavy atom. The predicted octanol–water partition coefficient (Wildman–Crippen LogP) is 1.51. The highest BCUT2D eigenvalue weighted by atomic mass is 16.5. The predicted molar refractivity (Wildman–Crippen MR) is 83.0 cm³/mol. The number of rotatable bonds is 9. The maximum Gasteiger partial charge on any atom is 0.242 e. The van der Waals surface area contributed by atoms with Crippen LogP contribution in [0.2, 0.25) is 0 Å². The summed E-state index contributed by atoms with van der Waals surface area (Å²) in [5, 5.41) is 6.23. The second-order valence-electron chi connectivity index (χ2n) is 5.23. The van der Waals surface area contributed by atoms with Gasteiger partial charge in [0.2, 0.25) is 5.91 Å². The number of anilines is 2. The fraction of sp³-hybridized carbons (Fsp3) is 0.643. The van der Waals surface area contributed by atoms with Crippen molar-refractivity contribution in [2.24, 2.45) is 5.73 Å². The van der Waals surface area contributed by atoms with E-state index in [1.54, 1.807) is 19.9 Å². The van der Waals surface area contributed by atoms with Crippen LogP contribution in [0, 0.1) is 0 Å². The summed E-state index contributed by atoms with van der Waals surface area (Å²) in [4.78, 5) is 20.1. The lowest BCUT2D eigenvalue weighted by atomic mass is 10.1. The van der Waals surface area contributed by atoms with Gasteiger partial charge in [-0.3, -0.25) is 4.79 Å². The fourth-order valence-electron chi connectivity index (χ4n) is 1.54. The molecule has 1 aromatic heterocycles. The molecule has 118 valence electrons. The van der Waals surface area contributed by atoms with Gasteiger partial charge in [-0.2, -0.15) is 0 Å². The molecule has 7 heteroatoms. The first-order valence-corrected chi connectivity index (χ1v) is 7.16. The Bertz CT molecular complexity index is 450. The average Bonchev–Trinajstić information content (AvgIpc) is 2.42. The van der Waals surface area contributed by atoms with E-state index in [9.17, 15) is 4.79 Å². The number of hydrogen-bond donors (Lipinski definition) is 3. The second kappa shape index (κ2) is 7.78. The van der Waals surface area contributed by atoms with Gasteiger partial charge in [0.25, 0.3) is 0 Å². The van der Waals surface area contributed by atoms with Crippen LogP contribution in [0.5, 0.6) is 0 Å². The highest BCUT2D eigenvalue weighted by molar-refractivity contribution is 5.86. The van der Waals surface area contributed by atoms with Crippen LogP contribution in [-0.2, 0) is 16.1 Å². The molecule has 1 rings (SSSR count). The summed E-state index contributed by atoms with van der Waals surface area (Å²) < 4.78 is 5.34. The minimum absolute atomic E-state index is 0.323. The molecule has 0 aliphatic heterocycles. The van der Waals surface area contributed by atoms with E-state index < -0.39 is 11.4 Å². The molecule has 0 saturated carbocycles. The third-order valence-electron chi connectivity index (χ3n) is 2.82. The van der Waals surface area contributed by atoms with Crippen molar-refractivity contribution in [1.29, 1.82) is 0 Å². The summed E-state index contributed by atoms with van der Waals surface area (Å²) in [6.45, 7) is 9.12. The lowest BCUT2D eigenvalue weighted by Crippen LogP contribution is -2.45. The topological polar surface area (TPSA) is 102 Å². The third-order valence-corrected chi connectivity index (χ3v) is 2.82. The SMILES string of the molecule is CCCNc1cc(NC(C)(C)C(N)=O)nc(COCC)n1. The summed E-state index contributed by atoms with van der Waals surface area (Å²) in [6, 6.07) is 1.76. The Morgan fingerprint density at radius 1 is 1.33 bits per heavy atom. The van der Waals surface area contributed by atoms with Crippen molar-refractivity contribution < 1.29 is 9.53 Å². The van der Waals surface area contributed by atoms with E-state index in [1.165, 1.54) is 0 Å². The van der Waals surface area contributed by atoms with Gasteiger partial charge in [-0.15, -0.1) is 0 Å². The van der Waals surface area contributed by atoms with Gasteiger partial charge in [-0.05, 0) is 27.2 Å². The first-order valence-electron chi connectivity index (χ1n) is 7.16. The van der Waals surface area contributed by atoms with Crippen LogP contribution in [0.15, 0.2) is 6.07 Å². The molecule has 1 heterocycles. The molecule has 0 aliphatic carbocycles. The van der Waals surface area contributed by atoms with E-state index in [0.29, 0.717) is 30.7 Å². The summed E-state index contributed by atoms with van der Waals surface area (Å²) in [5.41, 5.74) is 4.48. The zero-order chi connectivity index (χ0) is 15.9. The van der Waals surface area contributed by atoms with E-state index in [1.807, 2.05) is 6.92 Å². The Balaban J connectivity index is 2.97. The average molecular weight is 295 g/mol. The Kier molecular flexibility index (Phi) is 6.36. The van der Waals surface area contributed by atoms with Crippen LogP contribution in [-0.4, -0.2) is 34.6 Å². The Hall–Kier alpha value is -1.89. The molecule has 0 saturated heterocycles. The van der Waals surface area contributed by atoms with Crippen molar-refractivity contribution in [2.45, 2.75) is 46.3 Å². The van der Waals surface area contributed by atoms with Crippen molar-refractivity contribution >= 4 is 17.5 Å². The van der Waals surface area contributed by atoms with Crippen molar-refractivity contribution in [1.82, 2.24) is 9.97 Å². The first kappa shape index (κ1) is 17.2. The van der Waals surface area contributed by atoms with Crippen molar-refractivity contribution in [3.8, 4) is 0 Å². The molecule has 4 N–H and O–H groups in total. The number of carbonyl (C=O) groups excluding carboxylic acids is 1. The zero-order valence-corrected chi connectivity index (χ0v) is 13.2. The summed E-state index contributed by atoms with van der Waals surface area (Å²) in [7, 11) is 0. The highest BCUT2D eigenvalue weighted by Gasteiger charge is 2.25. The van der Waals surface area contributed by atoms with E-state index in [0.717, 1.165) is 13.0 Å². The van der Waals surface area contributed by atoms with E-state index in [2.05, 4.69) is 27.5 Å². The normalized spacial score (nSPS) is 11.2. The second-order valence-corrected chi connectivity index (χ2v) is 5.23. The number of hydrogen-bond acceptors (Lipinski definition) is 6. The summed E-state index contributed by atoms with van der Waals surface area (Å²) in [5.74, 6) is 1.35. The molecular weight excluding hydrogens is 270 g/mol. The molecule has 0 atom stereocenters. The number of carbonyl (C=O) groups is 1. The summed E-state index contributed by atoms with van der Waals surface area (Å²) >= 11 is 0. The molecule has 0 aliphatic rings. The number of nitrogens with zero attached hydrogens (tertiary/aromatic N) is 2. The zero-order valence-electron chi connectivity index (χ0n) is 13.2. The van der Waals surface area contributed by atoms with Crippen LogP contribution < -0.4 is 16.4 Å². The van der Waals surface area contributed by atoms with Gasteiger partial charge >= 0.3 is 0 Å². The molecular formula is C14H25N5O2. The minimum atomic E-state index is -0.890. The van der Waals surface area contributed by atoms with Gasteiger partial charge in [0.15, 0.2) is 5.82 Å². The van der Waals surface area contributed by atoms with Crippen LogP contribution in [0.1, 0.15) is 39.9 Å². The van der Waals surface area contributed by atoms with Gasteiger partial charge in [0.1, 0.15) is 23.8 Å². The van der Waals surface area contributed by atoms with Gasteiger partial charge in [-0.1, -0.05) is 6.92 Å². The molecule has 0 radical (unpaired) electrons. The first-order chi connectivity index (χ1) is 9.89. The molecule has 0 fully saturated rings. The number of nitrogens with two attached hydrogens (primary N) is 1. The van der Waals surface area contributed by atoms with Crippen molar-refractivity contribution in [3.05, 3.63) is 11.9 Å². The molecule has 1 amide bonds. The number of aromatic nitrogens is 2. The van der Waals surface area contributed by atoms with E-state index in [-0.39, 0.29) is 0 Å². The minimum Gasteiger partial charge on any atom is -0.374 e. The molecule has 0 bridgehead atoms. The molecule has 0 spiro atoms. The lowest BCUT2D eigenvalue weighted by molar-refractivity contribution is -0.121. The number of primary amides is 1. The molecule has 21 heavy (non-hydrogen) atoms. The van der Waals surface area contributed by atoms with Crippen LogP contribution in [0.4, 0.5) is 11.6 Å². The molecule has 0 aromatic carbocycles. The fourth-order valence-corrected chi connectivity index (χ4v) is 1.54. The smallest absolute Gasteiger partial charge is 0.242 e. The van der Waals surface area contributed by atoms with E-state index in [4.69, 9.17) is 10.5 Å². The Labute approximate surface area is 125 Å².